The van der Waals surface area contributed by atoms with Gasteiger partial charge in [-0.3, -0.25) is 4.79 Å². The lowest BCUT2D eigenvalue weighted by molar-refractivity contribution is -0.121. The summed E-state index contributed by atoms with van der Waals surface area (Å²) in [5.74, 6) is 0.0549. The summed E-state index contributed by atoms with van der Waals surface area (Å²) >= 11 is 0. The monoisotopic (exact) mass is 242 g/mol. The Morgan fingerprint density at radius 2 is 2.24 bits per heavy atom. The highest BCUT2D eigenvalue weighted by Crippen LogP contribution is 2.36. The maximum absolute atomic E-state index is 11.6. The fraction of sp³-hybridized carbons (Fsp3) is 0.923. The van der Waals surface area contributed by atoms with E-state index in [0.29, 0.717) is 24.6 Å². The molecule has 1 rings (SSSR count). The van der Waals surface area contributed by atoms with Crippen LogP contribution >= 0.6 is 0 Å². The van der Waals surface area contributed by atoms with Crippen LogP contribution in [0.15, 0.2) is 0 Å². The molecule has 1 amide bonds. The number of amides is 1. The van der Waals surface area contributed by atoms with Gasteiger partial charge in [-0.1, -0.05) is 13.8 Å². The third-order valence-corrected chi connectivity index (χ3v) is 3.34. The van der Waals surface area contributed by atoms with Crippen molar-refractivity contribution in [2.45, 2.75) is 52.1 Å². The highest BCUT2D eigenvalue weighted by molar-refractivity contribution is 5.78. The molecule has 0 bridgehead atoms. The molecule has 100 valence electrons. The minimum absolute atomic E-state index is 0.0549. The molecule has 0 aromatic rings. The van der Waals surface area contributed by atoms with Crippen LogP contribution in [-0.4, -0.2) is 38.3 Å². The molecule has 0 aromatic carbocycles. The van der Waals surface area contributed by atoms with Gasteiger partial charge in [0.25, 0.3) is 0 Å². The summed E-state index contributed by atoms with van der Waals surface area (Å²) in [6.07, 6.45) is 3.58. The highest BCUT2D eigenvalue weighted by Gasteiger charge is 2.30. The summed E-state index contributed by atoms with van der Waals surface area (Å²) in [7, 11) is 1.64. The van der Waals surface area contributed by atoms with E-state index >= 15 is 0 Å². The third kappa shape index (κ3) is 5.50. The van der Waals surface area contributed by atoms with Gasteiger partial charge in [0, 0.05) is 19.2 Å². The normalized spacial score (nSPS) is 24.6. The molecule has 17 heavy (non-hydrogen) atoms. The lowest BCUT2D eigenvalue weighted by atomic mass is 9.92. The van der Waals surface area contributed by atoms with Crippen LogP contribution in [0.2, 0.25) is 0 Å². The lowest BCUT2D eigenvalue weighted by Gasteiger charge is -2.18. The largest absolute Gasteiger partial charge is 0.383 e. The Morgan fingerprint density at radius 3 is 2.76 bits per heavy atom. The van der Waals surface area contributed by atoms with Gasteiger partial charge in [0.15, 0.2) is 0 Å². The van der Waals surface area contributed by atoms with Crippen molar-refractivity contribution in [3.63, 3.8) is 0 Å². The minimum Gasteiger partial charge on any atom is -0.383 e. The molecule has 1 aliphatic rings. The average molecular weight is 242 g/mol. The van der Waals surface area contributed by atoms with E-state index < -0.39 is 0 Å². The van der Waals surface area contributed by atoms with Gasteiger partial charge in [0.1, 0.15) is 0 Å². The number of carbonyl (C=O) groups is 1. The van der Waals surface area contributed by atoms with Gasteiger partial charge >= 0.3 is 0 Å². The van der Waals surface area contributed by atoms with Crippen LogP contribution in [0.4, 0.5) is 0 Å². The summed E-state index contributed by atoms with van der Waals surface area (Å²) in [6, 6.07) is 0.572. The molecule has 0 aromatic heterocycles. The summed E-state index contributed by atoms with van der Waals surface area (Å²) < 4.78 is 4.97. The topological polar surface area (TPSA) is 50.4 Å². The van der Waals surface area contributed by atoms with E-state index in [9.17, 15) is 4.79 Å². The first-order valence-corrected chi connectivity index (χ1v) is 6.44. The first-order chi connectivity index (χ1) is 7.93. The summed E-state index contributed by atoms with van der Waals surface area (Å²) in [6.45, 7) is 7.49. The van der Waals surface area contributed by atoms with E-state index in [1.165, 1.54) is 12.8 Å². The number of hydrogen-bond donors (Lipinski definition) is 2. The molecule has 4 heteroatoms. The predicted molar refractivity (Wildman–Crippen MR) is 68.9 cm³/mol. The first-order valence-electron chi connectivity index (χ1n) is 6.44. The zero-order valence-corrected chi connectivity index (χ0v) is 11.5. The molecule has 1 aliphatic carbocycles. The van der Waals surface area contributed by atoms with Crippen molar-refractivity contribution >= 4 is 5.91 Å². The van der Waals surface area contributed by atoms with E-state index in [2.05, 4.69) is 24.5 Å². The summed E-state index contributed by atoms with van der Waals surface area (Å²) in [5.41, 5.74) is 0.428. The van der Waals surface area contributed by atoms with Gasteiger partial charge in [0.2, 0.25) is 5.91 Å². The molecule has 0 radical (unpaired) electrons. The van der Waals surface area contributed by atoms with Crippen LogP contribution in [0.1, 0.15) is 40.0 Å². The van der Waals surface area contributed by atoms with Gasteiger partial charge in [-0.15, -0.1) is 0 Å². The second-order valence-electron chi connectivity index (χ2n) is 5.91. The number of ether oxygens (including phenoxy) is 1. The fourth-order valence-corrected chi connectivity index (χ4v) is 2.46. The Morgan fingerprint density at radius 1 is 1.53 bits per heavy atom. The number of nitrogens with one attached hydrogen (secondary N) is 2. The average Bonchev–Trinajstić information content (AvgIpc) is 2.55. The van der Waals surface area contributed by atoms with Crippen molar-refractivity contribution in [1.29, 1.82) is 0 Å². The van der Waals surface area contributed by atoms with Crippen molar-refractivity contribution in [2.24, 2.45) is 5.41 Å². The van der Waals surface area contributed by atoms with Gasteiger partial charge in [0.05, 0.1) is 13.2 Å². The van der Waals surface area contributed by atoms with E-state index in [4.69, 9.17) is 4.74 Å². The van der Waals surface area contributed by atoms with E-state index in [-0.39, 0.29) is 11.9 Å². The molecule has 0 heterocycles. The molecule has 0 saturated heterocycles. The standard InChI is InChI=1S/C13H26N2O2/c1-10(9-17-4)15-12(16)8-14-11-5-6-13(2,3)7-11/h10-11,14H,5-9H2,1-4H3,(H,15,16). The maximum atomic E-state index is 11.6. The molecule has 0 aliphatic heterocycles. The van der Waals surface area contributed by atoms with Gasteiger partial charge in [-0.05, 0) is 31.6 Å². The smallest absolute Gasteiger partial charge is 0.234 e. The zero-order valence-electron chi connectivity index (χ0n) is 11.5. The molecule has 4 nitrogen and oxygen atoms in total. The summed E-state index contributed by atoms with van der Waals surface area (Å²) in [4.78, 5) is 11.6. The molecule has 0 spiro atoms. The second kappa shape index (κ2) is 6.36. The predicted octanol–water partition coefficient (Wildman–Crippen LogP) is 1.31. The van der Waals surface area contributed by atoms with Crippen molar-refractivity contribution < 1.29 is 9.53 Å². The second-order valence-corrected chi connectivity index (χ2v) is 5.91. The Kier molecular flexibility index (Phi) is 5.40. The van der Waals surface area contributed by atoms with Crippen molar-refractivity contribution in [3.8, 4) is 0 Å². The molecular weight excluding hydrogens is 216 g/mol. The number of methoxy groups -OCH3 is 1. The molecule has 1 saturated carbocycles. The Hall–Kier alpha value is -0.610. The zero-order chi connectivity index (χ0) is 12.9. The first kappa shape index (κ1) is 14.5. The Bertz CT molecular complexity index is 254. The van der Waals surface area contributed by atoms with E-state index in [1.54, 1.807) is 7.11 Å². The van der Waals surface area contributed by atoms with Crippen LogP contribution in [0.3, 0.4) is 0 Å². The molecule has 2 unspecified atom stereocenters. The third-order valence-electron chi connectivity index (χ3n) is 3.34. The summed E-state index contributed by atoms with van der Waals surface area (Å²) in [5, 5.41) is 6.23. The van der Waals surface area contributed by atoms with Crippen molar-refractivity contribution in [2.75, 3.05) is 20.3 Å². The number of carbonyl (C=O) groups excluding carboxylic acids is 1. The van der Waals surface area contributed by atoms with Crippen molar-refractivity contribution in [3.05, 3.63) is 0 Å². The van der Waals surface area contributed by atoms with Gasteiger partial charge < -0.3 is 15.4 Å². The fourth-order valence-electron chi connectivity index (χ4n) is 2.46. The van der Waals surface area contributed by atoms with Crippen LogP contribution in [-0.2, 0) is 9.53 Å². The lowest BCUT2D eigenvalue weighted by Crippen LogP contribution is -2.43. The number of rotatable bonds is 6. The highest BCUT2D eigenvalue weighted by atomic mass is 16.5. The van der Waals surface area contributed by atoms with Crippen LogP contribution in [0, 0.1) is 5.41 Å². The van der Waals surface area contributed by atoms with E-state index in [0.717, 1.165) is 6.42 Å². The SMILES string of the molecule is COCC(C)NC(=O)CNC1CCC(C)(C)C1. The molecule has 1 fully saturated rings. The maximum Gasteiger partial charge on any atom is 0.234 e. The van der Waals surface area contributed by atoms with Crippen LogP contribution < -0.4 is 10.6 Å². The van der Waals surface area contributed by atoms with Gasteiger partial charge in [-0.25, -0.2) is 0 Å². The van der Waals surface area contributed by atoms with E-state index in [1.807, 2.05) is 6.92 Å². The Labute approximate surface area is 104 Å². The number of hydrogen-bond acceptors (Lipinski definition) is 3. The molecule has 2 N–H and O–H groups in total. The quantitative estimate of drug-likeness (QED) is 0.738. The Balaban J connectivity index is 2.16. The molecular formula is C13H26N2O2. The molecule has 2 atom stereocenters. The van der Waals surface area contributed by atoms with Crippen LogP contribution in [0.25, 0.3) is 0 Å². The minimum atomic E-state index is 0.0549. The van der Waals surface area contributed by atoms with Crippen LogP contribution in [0.5, 0.6) is 0 Å². The van der Waals surface area contributed by atoms with Crippen molar-refractivity contribution in [1.82, 2.24) is 10.6 Å². The van der Waals surface area contributed by atoms with Gasteiger partial charge in [-0.2, -0.15) is 0 Å².